The van der Waals surface area contributed by atoms with E-state index in [4.69, 9.17) is 4.74 Å². The van der Waals surface area contributed by atoms with Gasteiger partial charge in [0.25, 0.3) is 0 Å². The summed E-state index contributed by atoms with van der Waals surface area (Å²) in [6, 6.07) is 0. The highest BCUT2D eigenvalue weighted by atomic mass is 32.2. The Morgan fingerprint density at radius 2 is 1.81 bits per heavy atom. The van der Waals surface area contributed by atoms with Crippen LogP contribution in [0.5, 0.6) is 0 Å². The molecule has 0 fully saturated rings. The van der Waals surface area contributed by atoms with Gasteiger partial charge in [-0.25, -0.2) is 0 Å². The van der Waals surface area contributed by atoms with Gasteiger partial charge in [-0.2, -0.15) is 0 Å². The number of thiol groups is 2. The molecule has 0 radical (unpaired) electrons. The van der Waals surface area contributed by atoms with Crippen LogP contribution in [0, 0.1) is 0 Å². The quantitative estimate of drug-likeness (QED) is 0.175. The number of rotatable bonds is 13. The number of ether oxygens (including phenoxy) is 1. The molecular formula is C15H32N2OS3. The predicted octanol–water partition coefficient (Wildman–Crippen LogP) is 3.89. The van der Waals surface area contributed by atoms with Crippen LogP contribution in [0.2, 0.25) is 0 Å². The van der Waals surface area contributed by atoms with Gasteiger partial charge in [-0.05, 0) is 45.9 Å². The molecular weight excluding hydrogens is 320 g/mol. The molecule has 0 saturated carbocycles. The van der Waals surface area contributed by atoms with Crippen molar-refractivity contribution in [3.05, 3.63) is 12.7 Å². The predicted molar refractivity (Wildman–Crippen MR) is 104 cm³/mol. The lowest BCUT2D eigenvalue weighted by atomic mass is 10.2. The Labute approximate surface area is 146 Å². The van der Waals surface area contributed by atoms with E-state index in [2.05, 4.69) is 42.5 Å². The fourth-order valence-corrected chi connectivity index (χ4v) is 3.30. The Balaban J connectivity index is 3.31. The van der Waals surface area contributed by atoms with Crippen LogP contribution in [-0.4, -0.2) is 34.7 Å². The monoisotopic (exact) mass is 352 g/mol. The summed E-state index contributed by atoms with van der Waals surface area (Å²) in [5.74, 6) is 1.15. The molecule has 0 rings (SSSR count). The van der Waals surface area contributed by atoms with E-state index in [1.165, 1.54) is 19.3 Å². The SMILES string of the molecule is C=CCNC(S)SCCCCCCNC(S)OC(C)(C)C. The Bertz CT molecular complexity index is 260. The third-order valence-electron chi connectivity index (χ3n) is 2.57. The molecule has 0 aliphatic heterocycles. The number of hydrogen-bond donors (Lipinski definition) is 4. The number of unbranched alkanes of at least 4 members (excludes halogenated alkanes) is 3. The summed E-state index contributed by atoms with van der Waals surface area (Å²) in [5, 5.41) is 6.53. The molecule has 3 nitrogen and oxygen atoms in total. The molecule has 0 spiro atoms. The molecule has 2 N–H and O–H groups in total. The van der Waals surface area contributed by atoms with Crippen molar-refractivity contribution < 1.29 is 4.74 Å². The molecule has 0 bridgehead atoms. The van der Waals surface area contributed by atoms with Gasteiger partial charge in [-0.3, -0.25) is 10.6 Å². The van der Waals surface area contributed by atoms with Gasteiger partial charge < -0.3 is 4.74 Å². The first-order valence-electron chi connectivity index (χ1n) is 7.58. The van der Waals surface area contributed by atoms with Crippen molar-refractivity contribution >= 4 is 37.0 Å². The highest BCUT2D eigenvalue weighted by Crippen LogP contribution is 2.15. The molecule has 126 valence electrons. The van der Waals surface area contributed by atoms with Crippen LogP contribution in [0.4, 0.5) is 0 Å². The van der Waals surface area contributed by atoms with Crippen LogP contribution >= 0.6 is 37.0 Å². The molecule has 21 heavy (non-hydrogen) atoms. The molecule has 2 atom stereocenters. The van der Waals surface area contributed by atoms with Crippen molar-refractivity contribution in [3.8, 4) is 0 Å². The highest BCUT2D eigenvalue weighted by molar-refractivity contribution is 8.10. The number of hydrogen-bond acceptors (Lipinski definition) is 6. The van der Waals surface area contributed by atoms with Gasteiger partial charge in [-0.15, -0.1) is 43.6 Å². The number of thioether (sulfide) groups is 1. The topological polar surface area (TPSA) is 33.3 Å². The minimum absolute atomic E-state index is 0.153. The third kappa shape index (κ3) is 16.9. The van der Waals surface area contributed by atoms with Crippen LogP contribution in [0.25, 0.3) is 0 Å². The molecule has 0 saturated heterocycles. The Morgan fingerprint density at radius 3 is 2.43 bits per heavy atom. The van der Waals surface area contributed by atoms with Crippen molar-refractivity contribution in [2.45, 2.75) is 62.3 Å². The second kappa shape index (κ2) is 13.1. The zero-order valence-corrected chi connectivity index (χ0v) is 16.2. The molecule has 0 aliphatic rings. The van der Waals surface area contributed by atoms with Crippen molar-refractivity contribution in [3.63, 3.8) is 0 Å². The Kier molecular flexibility index (Phi) is 13.6. The van der Waals surface area contributed by atoms with E-state index in [9.17, 15) is 0 Å². The van der Waals surface area contributed by atoms with Crippen LogP contribution in [0.3, 0.4) is 0 Å². The normalized spacial score (nSPS) is 14.9. The fraction of sp³-hybridized carbons (Fsp3) is 0.867. The van der Waals surface area contributed by atoms with E-state index in [1.54, 1.807) is 0 Å². The lowest BCUT2D eigenvalue weighted by molar-refractivity contribution is -0.0307. The van der Waals surface area contributed by atoms with Gasteiger partial charge >= 0.3 is 0 Å². The van der Waals surface area contributed by atoms with Crippen molar-refractivity contribution in [1.82, 2.24) is 10.6 Å². The minimum atomic E-state index is -0.179. The van der Waals surface area contributed by atoms with Crippen LogP contribution in [0.15, 0.2) is 12.7 Å². The average molecular weight is 353 g/mol. The maximum absolute atomic E-state index is 5.67. The van der Waals surface area contributed by atoms with Gasteiger partial charge in [0.1, 0.15) is 0 Å². The van der Waals surface area contributed by atoms with E-state index in [-0.39, 0.29) is 15.9 Å². The first-order chi connectivity index (χ1) is 9.85. The first-order valence-corrected chi connectivity index (χ1v) is 9.66. The lowest BCUT2D eigenvalue weighted by Gasteiger charge is -2.24. The molecule has 0 amide bonds. The van der Waals surface area contributed by atoms with Gasteiger partial charge in [0.05, 0.1) is 10.3 Å². The maximum Gasteiger partial charge on any atom is 0.154 e. The van der Waals surface area contributed by atoms with E-state index < -0.39 is 0 Å². The average Bonchev–Trinajstić information content (AvgIpc) is 2.37. The number of nitrogens with one attached hydrogen (secondary N) is 2. The van der Waals surface area contributed by atoms with Crippen LogP contribution in [-0.2, 0) is 4.74 Å². The summed E-state index contributed by atoms with van der Waals surface area (Å²) in [5.41, 5.74) is -0.332. The fourth-order valence-electron chi connectivity index (χ4n) is 1.62. The largest absolute Gasteiger partial charge is 0.349 e. The summed E-state index contributed by atoms with van der Waals surface area (Å²) < 4.78 is 5.88. The van der Waals surface area contributed by atoms with Crippen molar-refractivity contribution in [2.24, 2.45) is 0 Å². The Morgan fingerprint density at radius 1 is 1.14 bits per heavy atom. The minimum Gasteiger partial charge on any atom is -0.349 e. The molecule has 0 aromatic heterocycles. The molecule has 0 aromatic carbocycles. The Hall–Kier alpha value is 0.670. The van der Waals surface area contributed by atoms with Crippen molar-refractivity contribution in [1.29, 1.82) is 0 Å². The zero-order valence-electron chi connectivity index (χ0n) is 13.6. The smallest absolute Gasteiger partial charge is 0.154 e. The molecule has 0 heterocycles. The molecule has 0 aliphatic carbocycles. The molecule has 6 heteroatoms. The summed E-state index contributed by atoms with van der Waals surface area (Å²) in [6.45, 7) is 11.6. The molecule has 0 aromatic rings. The summed E-state index contributed by atoms with van der Waals surface area (Å²) in [7, 11) is 0. The van der Waals surface area contributed by atoms with Gasteiger partial charge in [0, 0.05) is 6.54 Å². The van der Waals surface area contributed by atoms with E-state index in [1.807, 2.05) is 38.6 Å². The highest BCUT2D eigenvalue weighted by Gasteiger charge is 2.14. The summed E-state index contributed by atoms with van der Waals surface area (Å²) in [4.78, 5) is 0. The lowest BCUT2D eigenvalue weighted by Crippen LogP contribution is -2.34. The van der Waals surface area contributed by atoms with E-state index in [0.717, 1.165) is 25.3 Å². The van der Waals surface area contributed by atoms with Crippen molar-refractivity contribution in [2.75, 3.05) is 18.8 Å². The van der Waals surface area contributed by atoms with Gasteiger partial charge in [-0.1, -0.05) is 18.9 Å². The maximum atomic E-state index is 5.67. The van der Waals surface area contributed by atoms with Gasteiger partial charge in [0.2, 0.25) is 0 Å². The first kappa shape index (κ1) is 21.7. The zero-order chi connectivity index (χ0) is 16.1. The van der Waals surface area contributed by atoms with Crippen LogP contribution in [0.1, 0.15) is 46.5 Å². The summed E-state index contributed by atoms with van der Waals surface area (Å²) in [6.07, 6.45) is 6.75. The molecule has 2 unspecified atom stereocenters. The van der Waals surface area contributed by atoms with E-state index in [0.29, 0.717) is 0 Å². The van der Waals surface area contributed by atoms with Crippen LogP contribution < -0.4 is 10.6 Å². The van der Waals surface area contributed by atoms with E-state index >= 15 is 0 Å². The second-order valence-corrected chi connectivity index (χ2v) is 8.42. The van der Waals surface area contributed by atoms with Gasteiger partial charge in [0.15, 0.2) is 5.56 Å². The third-order valence-corrected chi connectivity index (χ3v) is 4.49. The second-order valence-electron chi connectivity index (χ2n) is 5.87. The standard InChI is InChI=1S/C15H32N2OS3/c1-5-10-17-14(20)21-12-9-7-6-8-11-16-13(19)18-15(2,3)4/h5,13-14,16-17,19-20H,1,6-12H2,2-4H3. The summed E-state index contributed by atoms with van der Waals surface area (Å²) >= 11 is 10.7.